The fraction of sp³-hybridized carbons (Fsp3) is 0.526. The summed E-state index contributed by atoms with van der Waals surface area (Å²) in [6, 6.07) is 6.22. The Kier molecular flexibility index (Phi) is 5.39. The van der Waals surface area contributed by atoms with Gasteiger partial charge in [0.05, 0.1) is 11.5 Å². The largest absolute Gasteiger partial charge is 0.358 e. The molecular weight excluding hydrogens is 350 g/mol. The number of rotatable bonds is 6. The molecule has 1 atom stereocenters. The molecule has 26 heavy (non-hydrogen) atoms. The maximum Gasteiger partial charge on any atom is 0.221 e. The lowest BCUT2D eigenvalue weighted by atomic mass is 10.1. The highest BCUT2D eigenvalue weighted by molar-refractivity contribution is 7.91. The van der Waals surface area contributed by atoms with E-state index in [0.717, 1.165) is 16.8 Å². The second-order valence-corrected chi connectivity index (χ2v) is 9.55. The number of nitrogens with one attached hydrogen (secondary N) is 2. The van der Waals surface area contributed by atoms with Gasteiger partial charge in [-0.3, -0.25) is 4.79 Å². The number of fused-ring (bicyclic) bond motifs is 1. The van der Waals surface area contributed by atoms with Crippen molar-refractivity contribution >= 4 is 26.6 Å². The number of aromatic amines is 1. The van der Waals surface area contributed by atoms with E-state index in [1.807, 2.05) is 24.1 Å². The van der Waals surface area contributed by atoms with Gasteiger partial charge in [0.25, 0.3) is 0 Å². The summed E-state index contributed by atoms with van der Waals surface area (Å²) in [7, 11) is -0.997. The molecule has 2 aromatic rings. The average Bonchev–Trinajstić information content (AvgIpc) is 3.10. The van der Waals surface area contributed by atoms with E-state index in [1.54, 1.807) is 0 Å². The van der Waals surface area contributed by atoms with Crippen LogP contribution in [-0.2, 0) is 21.2 Å². The summed E-state index contributed by atoms with van der Waals surface area (Å²) in [4.78, 5) is 17.5. The van der Waals surface area contributed by atoms with E-state index in [1.165, 1.54) is 10.9 Å². The summed E-state index contributed by atoms with van der Waals surface area (Å²) in [5, 5.41) is 4.15. The first kappa shape index (κ1) is 18.9. The van der Waals surface area contributed by atoms with E-state index in [9.17, 15) is 13.2 Å². The zero-order chi connectivity index (χ0) is 18.9. The molecule has 1 amide bonds. The molecule has 0 unspecified atom stereocenters. The number of aromatic nitrogens is 1. The lowest BCUT2D eigenvalue weighted by Crippen LogP contribution is -2.36. The summed E-state index contributed by atoms with van der Waals surface area (Å²) in [6.45, 7) is 5.22. The normalized spacial score (nSPS) is 19.3. The second kappa shape index (κ2) is 7.40. The lowest BCUT2D eigenvalue weighted by Gasteiger charge is -2.22. The van der Waals surface area contributed by atoms with Crippen molar-refractivity contribution in [3.05, 3.63) is 35.0 Å². The van der Waals surface area contributed by atoms with Gasteiger partial charge >= 0.3 is 0 Å². The molecule has 0 bridgehead atoms. The standard InChI is InChI=1S/C19H27N3O3S/c1-13-14(2)21-18-5-4-15(10-17(13)18)11-20-19(23)6-8-22(3)16-7-9-26(24,25)12-16/h4-5,10,16,21H,6-9,11-12H2,1-3H3,(H,20,23)/t16-/m0/s1. The van der Waals surface area contributed by atoms with Crippen LogP contribution in [0.4, 0.5) is 0 Å². The predicted molar refractivity (Wildman–Crippen MR) is 104 cm³/mol. The van der Waals surface area contributed by atoms with Crippen LogP contribution in [0.25, 0.3) is 10.9 Å². The molecule has 7 heteroatoms. The van der Waals surface area contributed by atoms with Crippen LogP contribution in [0.3, 0.4) is 0 Å². The van der Waals surface area contributed by atoms with Crippen LogP contribution in [-0.4, -0.2) is 55.3 Å². The van der Waals surface area contributed by atoms with Crippen molar-refractivity contribution < 1.29 is 13.2 Å². The van der Waals surface area contributed by atoms with Gasteiger partial charge in [0.1, 0.15) is 0 Å². The number of H-pyrrole nitrogens is 1. The van der Waals surface area contributed by atoms with Gasteiger partial charge in [-0.1, -0.05) is 6.07 Å². The minimum absolute atomic E-state index is 0.0141. The summed E-state index contributed by atoms with van der Waals surface area (Å²) >= 11 is 0. The third kappa shape index (κ3) is 4.27. The van der Waals surface area contributed by atoms with Gasteiger partial charge in [-0.05, 0) is 50.6 Å². The van der Waals surface area contributed by atoms with E-state index in [2.05, 4.69) is 30.2 Å². The highest BCUT2D eigenvalue weighted by atomic mass is 32.2. The highest BCUT2D eigenvalue weighted by Crippen LogP contribution is 2.22. The summed E-state index contributed by atoms with van der Waals surface area (Å²) in [6.07, 6.45) is 1.04. The average molecular weight is 378 g/mol. The van der Waals surface area contributed by atoms with Crippen molar-refractivity contribution in [2.45, 2.75) is 39.3 Å². The van der Waals surface area contributed by atoms with Gasteiger partial charge < -0.3 is 15.2 Å². The van der Waals surface area contributed by atoms with Gasteiger partial charge in [0.2, 0.25) is 5.91 Å². The number of aryl methyl sites for hydroxylation is 2. The van der Waals surface area contributed by atoms with Crippen LogP contribution >= 0.6 is 0 Å². The van der Waals surface area contributed by atoms with Crippen LogP contribution in [0, 0.1) is 13.8 Å². The lowest BCUT2D eigenvalue weighted by molar-refractivity contribution is -0.121. The number of sulfone groups is 1. The van der Waals surface area contributed by atoms with Crippen LogP contribution in [0.5, 0.6) is 0 Å². The van der Waals surface area contributed by atoms with Crippen LogP contribution in [0.1, 0.15) is 29.7 Å². The molecule has 3 rings (SSSR count). The Morgan fingerprint density at radius 2 is 2.12 bits per heavy atom. The van der Waals surface area contributed by atoms with Crippen molar-refractivity contribution in [2.24, 2.45) is 0 Å². The van der Waals surface area contributed by atoms with E-state index in [-0.39, 0.29) is 23.5 Å². The Balaban J connectivity index is 1.49. The van der Waals surface area contributed by atoms with E-state index in [4.69, 9.17) is 0 Å². The Labute approximate surface area is 154 Å². The summed E-state index contributed by atoms with van der Waals surface area (Å²) in [5.74, 6) is 0.453. The number of carbonyl (C=O) groups excluding carboxylic acids is 1. The van der Waals surface area contributed by atoms with Gasteiger partial charge in [-0.25, -0.2) is 8.42 Å². The maximum atomic E-state index is 12.1. The second-order valence-electron chi connectivity index (χ2n) is 7.32. The topological polar surface area (TPSA) is 82.3 Å². The van der Waals surface area contributed by atoms with Crippen molar-refractivity contribution in [3.8, 4) is 0 Å². The Hall–Kier alpha value is -1.86. The Morgan fingerprint density at radius 3 is 2.81 bits per heavy atom. The molecule has 1 saturated heterocycles. The van der Waals surface area contributed by atoms with Gasteiger partial charge in [0.15, 0.2) is 9.84 Å². The zero-order valence-corrected chi connectivity index (χ0v) is 16.4. The van der Waals surface area contributed by atoms with E-state index < -0.39 is 9.84 Å². The number of hydrogen-bond acceptors (Lipinski definition) is 4. The minimum Gasteiger partial charge on any atom is -0.358 e. The Bertz CT molecular complexity index is 917. The zero-order valence-electron chi connectivity index (χ0n) is 15.6. The third-order valence-corrected chi connectivity index (χ3v) is 7.14. The third-order valence-electron chi connectivity index (χ3n) is 5.39. The van der Waals surface area contributed by atoms with Crippen molar-refractivity contribution in [1.82, 2.24) is 15.2 Å². The molecule has 0 aliphatic carbocycles. The molecule has 1 aliphatic heterocycles. The van der Waals surface area contributed by atoms with Gasteiger partial charge in [-0.2, -0.15) is 0 Å². The van der Waals surface area contributed by atoms with Crippen molar-refractivity contribution in [1.29, 1.82) is 0 Å². The first-order valence-corrected chi connectivity index (χ1v) is 10.8. The van der Waals surface area contributed by atoms with E-state index in [0.29, 0.717) is 25.9 Å². The molecule has 2 heterocycles. The molecule has 1 aromatic carbocycles. The number of hydrogen-bond donors (Lipinski definition) is 2. The van der Waals surface area contributed by atoms with Gasteiger partial charge in [0, 0.05) is 42.1 Å². The van der Waals surface area contributed by atoms with E-state index >= 15 is 0 Å². The molecule has 0 radical (unpaired) electrons. The number of amides is 1. The first-order valence-electron chi connectivity index (χ1n) is 9.00. The fourth-order valence-corrected chi connectivity index (χ4v) is 5.30. The monoisotopic (exact) mass is 377 g/mol. The molecule has 0 spiro atoms. The molecular formula is C19H27N3O3S. The number of benzene rings is 1. The fourth-order valence-electron chi connectivity index (χ4n) is 3.49. The molecule has 0 saturated carbocycles. The molecule has 2 N–H and O–H groups in total. The Morgan fingerprint density at radius 1 is 1.35 bits per heavy atom. The SMILES string of the molecule is Cc1[nH]c2ccc(CNC(=O)CCN(C)[C@H]3CCS(=O)(=O)C3)cc2c1C. The molecule has 1 aliphatic rings. The maximum absolute atomic E-state index is 12.1. The highest BCUT2D eigenvalue weighted by Gasteiger charge is 2.30. The molecule has 142 valence electrons. The number of carbonyl (C=O) groups is 1. The predicted octanol–water partition coefficient (Wildman–Crippen LogP) is 1.91. The molecule has 1 aromatic heterocycles. The quantitative estimate of drug-likeness (QED) is 0.806. The summed E-state index contributed by atoms with van der Waals surface area (Å²) < 4.78 is 23.1. The van der Waals surface area contributed by atoms with Gasteiger partial charge in [-0.15, -0.1) is 0 Å². The summed E-state index contributed by atoms with van der Waals surface area (Å²) in [5.41, 5.74) is 4.59. The molecule has 6 nitrogen and oxygen atoms in total. The van der Waals surface area contributed by atoms with Crippen molar-refractivity contribution in [3.63, 3.8) is 0 Å². The first-order chi connectivity index (χ1) is 12.2. The van der Waals surface area contributed by atoms with Crippen LogP contribution < -0.4 is 5.32 Å². The van der Waals surface area contributed by atoms with Crippen LogP contribution in [0.2, 0.25) is 0 Å². The van der Waals surface area contributed by atoms with Crippen LogP contribution in [0.15, 0.2) is 18.2 Å². The molecule has 1 fully saturated rings. The number of nitrogens with zero attached hydrogens (tertiary/aromatic N) is 1. The smallest absolute Gasteiger partial charge is 0.221 e. The van der Waals surface area contributed by atoms with Crippen molar-refractivity contribution in [2.75, 3.05) is 25.1 Å². The minimum atomic E-state index is -2.89.